The van der Waals surface area contributed by atoms with Crippen molar-refractivity contribution in [2.24, 2.45) is 10.3 Å². The predicted molar refractivity (Wildman–Crippen MR) is 146 cm³/mol. The molecule has 3 rings (SSSR count). The molecule has 0 unspecified atom stereocenters. The van der Waals surface area contributed by atoms with E-state index in [1.54, 1.807) is 43.4 Å². The Bertz CT molecular complexity index is 1260. The van der Waals surface area contributed by atoms with Gasteiger partial charge in [0.15, 0.2) is 0 Å². The summed E-state index contributed by atoms with van der Waals surface area (Å²) >= 11 is 0. The Kier molecular flexibility index (Phi) is 16.0. The van der Waals surface area contributed by atoms with Gasteiger partial charge in [-0.05, 0) is 70.7 Å². The van der Waals surface area contributed by atoms with Crippen molar-refractivity contribution >= 4 is 27.2 Å². The number of hydrogen-bond donors (Lipinski definition) is 1. The normalized spacial score (nSPS) is 11.1. The third-order valence-electron chi connectivity index (χ3n) is 4.71. The molecule has 0 amide bonds. The van der Waals surface area contributed by atoms with Crippen LogP contribution < -0.4 is 33.7 Å². The number of hydrogen-bond acceptors (Lipinski definition) is 7. The van der Waals surface area contributed by atoms with Crippen LogP contribution in [0.4, 0.5) is 5.69 Å². The molecule has 0 aromatic heterocycles. The molecule has 0 aliphatic carbocycles. The van der Waals surface area contributed by atoms with Crippen molar-refractivity contribution in [3.63, 3.8) is 0 Å². The van der Waals surface area contributed by atoms with Gasteiger partial charge in [-0.15, -0.1) is 5.11 Å². The number of benzene rings is 3. The van der Waals surface area contributed by atoms with E-state index in [0.29, 0.717) is 6.42 Å². The van der Waals surface area contributed by atoms with Crippen molar-refractivity contribution in [3.05, 3.63) is 89.5 Å². The third kappa shape index (κ3) is 10.7. The molecule has 0 heterocycles. The summed E-state index contributed by atoms with van der Waals surface area (Å²) in [6.07, 6.45) is 0.696. The summed E-state index contributed by atoms with van der Waals surface area (Å²) in [5.74, 6) is 0.0867. The van der Waals surface area contributed by atoms with E-state index in [2.05, 4.69) is 14.5 Å². The van der Waals surface area contributed by atoms with E-state index in [1.165, 1.54) is 12.1 Å². The van der Waals surface area contributed by atoms with E-state index in [0.717, 1.165) is 33.5 Å². The van der Waals surface area contributed by atoms with Gasteiger partial charge in [0.05, 0.1) is 5.69 Å². The van der Waals surface area contributed by atoms with Gasteiger partial charge in [-0.3, -0.25) is 5.01 Å². The molecule has 0 bridgehead atoms. The summed E-state index contributed by atoms with van der Waals surface area (Å²) in [5.41, 5.74) is 5.29. The van der Waals surface area contributed by atoms with Gasteiger partial charge < -0.3 is 13.8 Å². The van der Waals surface area contributed by atoms with E-state index < -0.39 is 10.4 Å². The second-order valence-electron chi connectivity index (χ2n) is 7.35. The minimum absolute atomic E-state index is 0. The second kappa shape index (κ2) is 16.2. The van der Waals surface area contributed by atoms with Gasteiger partial charge in [0.1, 0.15) is 11.5 Å². The Morgan fingerprint density at radius 3 is 1.76 bits per heavy atom. The first-order chi connectivity index (χ1) is 15.7. The molecule has 0 atom stereocenters. The molecule has 3 aromatic rings. The Morgan fingerprint density at radius 1 is 0.865 bits per heavy atom. The van der Waals surface area contributed by atoms with Crippen LogP contribution in [0.15, 0.2) is 83.1 Å². The fourth-order valence-electron chi connectivity index (χ4n) is 3.33. The molecular formula is C27H36N3NaO5S. The molecule has 0 saturated carbocycles. The number of rotatable bonds is 8. The minimum atomic E-state index is -4.85. The van der Waals surface area contributed by atoms with Gasteiger partial charge in [0, 0.05) is 14.1 Å². The third-order valence-corrected chi connectivity index (χ3v) is 5.10. The molecule has 0 spiro atoms. The molecule has 0 aliphatic rings. The zero-order valence-electron chi connectivity index (χ0n) is 19.5. The first-order valence-electron chi connectivity index (χ1n) is 10.1. The van der Waals surface area contributed by atoms with Gasteiger partial charge >= 0.3 is 29.6 Å². The summed E-state index contributed by atoms with van der Waals surface area (Å²) < 4.78 is 37.1. The molecule has 10 heteroatoms. The number of aromatic hydroxyl groups is 1. The van der Waals surface area contributed by atoms with Crippen LogP contribution in [0.3, 0.4) is 0 Å². The van der Waals surface area contributed by atoms with E-state index in [9.17, 15) is 18.1 Å². The average molecular weight is 538 g/mol. The maximum absolute atomic E-state index is 10.9. The first kappa shape index (κ1) is 36.5. The maximum atomic E-state index is 10.9. The van der Waals surface area contributed by atoms with E-state index >= 15 is 0 Å². The Balaban J connectivity index is 0. The van der Waals surface area contributed by atoms with E-state index in [4.69, 9.17) is 0 Å². The van der Waals surface area contributed by atoms with Crippen molar-refractivity contribution in [3.8, 4) is 11.5 Å². The number of phenols is 1. The van der Waals surface area contributed by atoms with Crippen LogP contribution in [0.5, 0.6) is 11.5 Å². The van der Waals surface area contributed by atoms with Crippen molar-refractivity contribution in [2.45, 2.75) is 35.6 Å². The molecule has 0 aliphatic heterocycles. The summed E-state index contributed by atoms with van der Waals surface area (Å²) in [5, 5.41) is 19.5. The smallest absolute Gasteiger partial charge is 0.716 e. The fraction of sp³-hybridized carbons (Fsp3) is 0.259. The van der Waals surface area contributed by atoms with Crippen molar-refractivity contribution in [1.82, 2.24) is 5.01 Å². The molecule has 196 valence electrons. The summed E-state index contributed by atoms with van der Waals surface area (Å²) in [7, 11) is -1.27. The van der Waals surface area contributed by atoms with Crippen molar-refractivity contribution in [1.29, 1.82) is 0 Å². The molecule has 0 radical (unpaired) electrons. The molecule has 3 aromatic carbocycles. The van der Waals surface area contributed by atoms with Gasteiger partial charge in [0.2, 0.25) is 0 Å². The number of phenolic OH excluding ortho intramolecular Hbond substituents is 1. The van der Waals surface area contributed by atoms with Crippen LogP contribution in [0.1, 0.15) is 52.3 Å². The molecule has 1 N–H and O–H groups in total. The van der Waals surface area contributed by atoms with Crippen LogP contribution in [0, 0.1) is 0 Å². The standard InChI is InChI=1S/C24H25N3O5S.3CH4.Na/c1-4-23(17-5-11-20(12-6-17)25-26-27(2)3)24(18-7-13-21(28)14-8-18)19-9-15-22(16-10-19)32-33(29,30)31;;;;/h5-16,28H,4H2,1-3H3,(H,29,30,31);3*1H4;/q;;;;+1/p-1/b24-23-,26-25?;;;;. The van der Waals surface area contributed by atoms with Gasteiger partial charge in [-0.25, -0.2) is 8.42 Å². The van der Waals surface area contributed by atoms with Crippen LogP contribution in [-0.4, -0.2) is 37.2 Å². The zero-order chi connectivity index (χ0) is 24.0. The van der Waals surface area contributed by atoms with Gasteiger partial charge in [0.25, 0.3) is 10.4 Å². The topological polar surface area (TPSA) is 115 Å². The molecule has 0 saturated heterocycles. The van der Waals surface area contributed by atoms with Gasteiger partial charge in [-0.1, -0.05) is 70.8 Å². The molecular weight excluding hydrogens is 501 g/mol. The Hall–Kier alpha value is -2.69. The monoisotopic (exact) mass is 537 g/mol. The molecule has 0 fully saturated rings. The van der Waals surface area contributed by atoms with E-state index in [-0.39, 0.29) is 63.3 Å². The largest absolute Gasteiger partial charge is 1.00 e. The SMILES string of the molecule is C.C.C.CC/C(=C(\c1ccc(O)cc1)c1ccc(OS(=O)(=O)[O-])cc1)c1ccc(N=NN(C)C)cc1.[Na+]. The summed E-state index contributed by atoms with van der Waals surface area (Å²) in [6.45, 7) is 2.04. The first-order valence-corrected chi connectivity index (χ1v) is 11.5. The van der Waals surface area contributed by atoms with Crippen LogP contribution in [0.25, 0.3) is 11.1 Å². The summed E-state index contributed by atoms with van der Waals surface area (Å²) in [6, 6.07) is 20.8. The molecule has 37 heavy (non-hydrogen) atoms. The minimum Gasteiger partial charge on any atom is -0.716 e. The fourth-order valence-corrected chi connectivity index (χ4v) is 3.68. The van der Waals surface area contributed by atoms with Gasteiger partial charge in [-0.2, -0.15) is 0 Å². The Morgan fingerprint density at radius 2 is 1.32 bits per heavy atom. The van der Waals surface area contributed by atoms with Crippen LogP contribution >= 0.6 is 0 Å². The predicted octanol–water partition coefficient (Wildman–Crippen LogP) is 4.07. The van der Waals surface area contributed by atoms with Crippen molar-refractivity contribution < 1.29 is 51.8 Å². The quantitative estimate of drug-likeness (QED) is 0.116. The second-order valence-corrected chi connectivity index (χ2v) is 8.34. The maximum Gasteiger partial charge on any atom is 1.00 e. The number of allylic oxidation sites excluding steroid dienone is 1. The van der Waals surface area contributed by atoms with Crippen LogP contribution in [0.2, 0.25) is 0 Å². The van der Waals surface area contributed by atoms with Crippen LogP contribution in [-0.2, 0) is 10.4 Å². The summed E-state index contributed by atoms with van der Waals surface area (Å²) in [4.78, 5) is 0. The zero-order valence-corrected chi connectivity index (χ0v) is 22.3. The Labute approximate surface area is 243 Å². The number of nitrogens with zero attached hydrogens (tertiary/aromatic N) is 3. The molecule has 8 nitrogen and oxygen atoms in total. The van der Waals surface area contributed by atoms with E-state index in [1.807, 2.05) is 43.3 Å². The van der Waals surface area contributed by atoms with Crippen molar-refractivity contribution in [2.75, 3.05) is 14.1 Å². The average Bonchev–Trinajstić information content (AvgIpc) is 2.77.